The van der Waals surface area contributed by atoms with Gasteiger partial charge in [-0.25, -0.2) is 4.39 Å². The summed E-state index contributed by atoms with van der Waals surface area (Å²) in [6.07, 6.45) is 4.49. The van der Waals surface area contributed by atoms with E-state index in [1.54, 1.807) is 12.3 Å². The van der Waals surface area contributed by atoms with Crippen LogP contribution in [0.2, 0.25) is 5.02 Å². The fourth-order valence-corrected chi connectivity index (χ4v) is 1.88. The second-order valence-electron chi connectivity index (χ2n) is 4.00. The fourth-order valence-electron chi connectivity index (χ4n) is 1.69. The molecule has 4 heteroatoms. The summed E-state index contributed by atoms with van der Waals surface area (Å²) in [6.45, 7) is 1.37. The first-order valence-electron chi connectivity index (χ1n) is 5.80. The molecule has 0 unspecified atom stereocenters. The van der Waals surface area contributed by atoms with Crippen LogP contribution >= 0.6 is 11.6 Å². The molecule has 2 nitrogen and oxygen atoms in total. The Morgan fingerprint density at radius 2 is 2.11 bits per heavy atom. The molecule has 0 radical (unpaired) electrons. The highest BCUT2D eigenvalue weighted by Crippen LogP contribution is 2.19. The van der Waals surface area contributed by atoms with Crippen LogP contribution in [-0.2, 0) is 13.0 Å². The minimum Gasteiger partial charge on any atom is -0.312 e. The van der Waals surface area contributed by atoms with Gasteiger partial charge in [-0.2, -0.15) is 0 Å². The minimum atomic E-state index is -0.372. The van der Waals surface area contributed by atoms with Crippen molar-refractivity contribution >= 4 is 11.6 Å². The average Bonchev–Trinajstić information content (AvgIpc) is 2.40. The Morgan fingerprint density at radius 1 is 1.22 bits per heavy atom. The number of pyridine rings is 1. The molecule has 1 heterocycles. The van der Waals surface area contributed by atoms with E-state index in [0.29, 0.717) is 6.54 Å². The minimum absolute atomic E-state index is 0.200. The molecule has 2 aromatic rings. The predicted octanol–water partition coefficient (Wildman–Crippen LogP) is 3.21. The molecule has 0 fully saturated rings. The van der Waals surface area contributed by atoms with Crippen LogP contribution < -0.4 is 5.32 Å². The predicted molar refractivity (Wildman–Crippen MR) is 71.1 cm³/mol. The molecule has 2 rings (SSSR count). The summed E-state index contributed by atoms with van der Waals surface area (Å²) in [7, 11) is 0. The highest BCUT2D eigenvalue weighted by molar-refractivity contribution is 6.31. The van der Waals surface area contributed by atoms with E-state index in [2.05, 4.69) is 10.3 Å². The summed E-state index contributed by atoms with van der Waals surface area (Å²) in [6, 6.07) is 8.80. The lowest BCUT2D eigenvalue weighted by molar-refractivity contribution is 0.620. The maximum absolute atomic E-state index is 13.2. The Morgan fingerprint density at radius 3 is 2.89 bits per heavy atom. The number of halogens is 2. The van der Waals surface area contributed by atoms with E-state index in [4.69, 9.17) is 11.6 Å². The van der Waals surface area contributed by atoms with Gasteiger partial charge in [-0.3, -0.25) is 4.98 Å². The van der Waals surface area contributed by atoms with Crippen LogP contribution in [-0.4, -0.2) is 11.5 Å². The van der Waals surface area contributed by atoms with Gasteiger partial charge in [0.15, 0.2) is 0 Å². The Bertz CT molecular complexity index is 502. The van der Waals surface area contributed by atoms with E-state index < -0.39 is 0 Å². The third-order valence-electron chi connectivity index (χ3n) is 2.66. The van der Waals surface area contributed by atoms with Crippen LogP contribution in [0.15, 0.2) is 42.7 Å². The normalized spacial score (nSPS) is 10.6. The van der Waals surface area contributed by atoms with Gasteiger partial charge in [0.05, 0.1) is 5.02 Å². The van der Waals surface area contributed by atoms with E-state index in [-0.39, 0.29) is 10.8 Å². The molecule has 94 valence electrons. The summed E-state index contributed by atoms with van der Waals surface area (Å²) < 4.78 is 13.2. The van der Waals surface area contributed by atoms with Crippen molar-refractivity contribution in [1.29, 1.82) is 0 Å². The molecule has 0 aliphatic rings. The monoisotopic (exact) mass is 264 g/mol. The molecule has 0 spiro atoms. The van der Waals surface area contributed by atoms with Gasteiger partial charge in [-0.1, -0.05) is 29.8 Å². The van der Waals surface area contributed by atoms with Crippen LogP contribution in [0, 0.1) is 5.82 Å². The van der Waals surface area contributed by atoms with Gasteiger partial charge < -0.3 is 5.32 Å². The molecule has 0 saturated carbocycles. The van der Waals surface area contributed by atoms with Crippen LogP contribution in [0.25, 0.3) is 0 Å². The first-order chi connectivity index (χ1) is 8.77. The zero-order valence-corrected chi connectivity index (χ0v) is 10.6. The zero-order valence-electron chi connectivity index (χ0n) is 9.87. The number of aromatic nitrogens is 1. The van der Waals surface area contributed by atoms with Gasteiger partial charge in [0.1, 0.15) is 5.82 Å². The quantitative estimate of drug-likeness (QED) is 0.839. The smallest absolute Gasteiger partial charge is 0.142 e. The largest absolute Gasteiger partial charge is 0.312 e. The first-order valence-corrected chi connectivity index (χ1v) is 6.17. The second kappa shape index (κ2) is 6.47. The van der Waals surface area contributed by atoms with Crippen molar-refractivity contribution in [2.75, 3.05) is 6.54 Å². The SMILES string of the molecule is Fc1cccc(CNCCc2cccnc2)c1Cl. The maximum Gasteiger partial charge on any atom is 0.142 e. The number of rotatable bonds is 5. The van der Waals surface area contributed by atoms with Crippen LogP contribution in [0.1, 0.15) is 11.1 Å². The Hall–Kier alpha value is -1.45. The number of hydrogen-bond donors (Lipinski definition) is 1. The van der Waals surface area contributed by atoms with Crippen LogP contribution in [0.4, 0.5) is 4.39 Å². The van der Waals surface area contributed by atoms with Crippen molar-refractivity contribution in [3.8, 4) is 0 Å². The van der Waals surface area contributed by atoms with Crippen molar-refractivity contribution < 1.29 is 4.39 Å². The molecule has 1 N–H and O–H groups in total. The molecule has 0 amide bonds. The van der Waals surface area contributed by atoms with Gasteiger partial charge >= 0.3 is 0 Å². The highest BCUT2D eigenvalue weighted by atomic mass is 35.5. The van der Waals surface area contributed by atoms with E-state index in [1.807, 2.05) is 24.4 Å². The van der Waals surface area contributed by atoms with E-state index in [0.717, 1.165) is 18.5 Å². The molecule has 1 aromatic heterocycles. The Labute approximate surface area is 111 Å². The molecule has 0 bridgehead atoms. The van der Waals surface area contributed by atoms with Gasteiger partial charge in [-0.15, -0.1) is 0 Å². The van der Waals surface area contributed by atoms with Crippen molar-refractivity contribution in [2.24, 2.45) is 0 Å². The molecule has 1 aromatic carbocycles. The standard InChI is InChI=1S/C14H14ClFN2/c15-14-12(4-1-5-13(14)16)10-18-8-6-11-3-2-7-17-9-11/h1-5,7,9,18H,6,8,10H2. The third-order valence-corrected chi connectivity index (χ3v) is 3.08. The summed E-state index contributed by atoms with van der Waals surface area (Å²) in [5.41, 5.74) is 1.96. The molecular weight excluding hydrogens is 251 g/mol. The van der Waals surface area contributed by atoms with Gasteiger partial charge in [0.2, 0.25) is 0 Å². The topological polar surface area (TPSA) is 24.9 Å². The van der Waals surface area contributed by atoms with E-state index in [1.165, 1.54) is 11.6 Å². The molecule has 18 heavy (non-hydrogen) atoms. The van der Waals surface area contributed by atoms with Gasteiger partial charge in [0, 0.05) is 18.9 Å². The van der Waals surface area contributed by atoms with Crippen LogP contribution in [0.3, 0.4) is 0 Å². The number of benzene rings is 1. The molecule has 0 aliphatic heterocycles. The number of hydrogen-bond acceptors (Lipinski definition) is 2. The lowest BCUT2D eigenvalue weighted by atomic mass is 10.2. The van der Waals surface area contributed by atoms with Gasteiger partial charge in [0.25, 0.3) is 0 Å². The third kappa shape index (κ3) is 3.52. The second-order valence-corrected chi connectivity index (χ2v) is 4.38. The summed E-state index contributed by atoms with van der Waals surface area (Å²) >= 11 is 5.86. The van der Waals surface area contributed by atoms with Crippen LogP contribution in [0.5, 0.6) is 0 Å². The molecule has 0 aliphatic carbocycles. The summed E-state index contributed by atoms with van der Waals surface area (Å²) in [4.78, 5) is 4.05. The van der Waals surface area contributed by atoms with Gasteiger partial charge in [-0.05, 0) is 36.2 Å². The molecule has 0 saturated heterocycles. The first kappa shape index (κ1) is 13.0. The molecule has 0 atom stereocenters. The Balaban J connectivity index is 1.81. The Kier molecular flexibility index (Phi) is 4.67. The van der Waals surface area contributed by atoms with Crippen molar-refractivity contribution in [2.45, 2.75) is 13.0 Å². The van der Waals surface area contributed by atoms with E-state index >= 15 is 0 Å². The van der Waals surface area contributed by atoms with Crippen molar-refractivity contribution in [3.05, 3.63) is 64.7 Å². The lowest BCUT2D eigenvalue weighted by Gasteiger charge is -2.07. The molecular formula is C14H14ClFN2. The average molecular weight is 265 g/mol. The zero-order chi connectivity index (χ0) is 12.8. The maximum atomic E-state index is 13.2. The van der Waals surface area contributed by atoms with E-state index in [9.17, 15) is 4.39 Å². The summed E-state index contributed by atoms with van der Waals surface area (Å²) in [5.74, 6) is -0.372. The lowest BCUT2D eigenvalue weighted by Crippen LogP contribution is -2.17. The van der Waals surface area contributed by atoms with Crippen molar-refractivity contribution in [1.82, 2.24) is 10.3 Å². The number of nitrogens with zero attached hydrogens (tertiary/aromatic N) is 1. The number of nitrogens with one attached hydrogen (secondary N) is 1. The highest BCUT2D eigenvalue weighted by Gasteiger charge is 2.04. The fraction of sp³-hybridized carbons (Fsp3) is 0.214. The summed E-state index contributed by atoms with van der Waals surface area (Å²) in [5, 5.41) is 3.44. The van der Waals surface area contributed by atoms with Crippen molar-refractivity contribution in [3.63, 3.8) is 0 Å².